The van der Waals surface area contributed by atoms with Gasteiger partial charge in [-0.1, -0.05) is 17.7 Å². The minimum absolute atomic E-state index is 0.0905. The quantitative estimate of drug-likeness (QED) is 0.887. The molecular formula is C17H20N2O2. The van der Waals surface area contributed by atoms with Crippen molar-refractivity contribution in [1.82, 2.24) is 0 Å². The summed E-state index contributed by atoms with van der Waals surface area (Å²) in [4.78, 5) is 14.4. The Morgan fingerprint density at radius 3 is 2.29 bits per heavy atom. The second-order valence-electron chi connectivity index (χ2n) is 4.98. The van der Waals surface area contributed by atoms with Gasteiger partial charge in [0.2, 0.25) is 0 Å². The molecule has 4 nitrogen and oxygen atoms in total. The van der Waals surface area contributed by atoms with Crippen LogP contribution in [0.15, 0.2) is 48.5 Å². The Bertz CT molecular complexity index is 591. The number of aryl methyl sites for hydroxylation is 1. The van der Waals surface area contributed by atoms with E-state index in [0.29, 0.717) is 18.7 Å². The molecule has 0 atom stereocenters. The van der Waals surface area contributed by atoms with Gasteiger partial charge in [-0.25, -0.2) is 0 Å². The minimum atomic E-state index is -0.0905. The molecule has 0 fully saturated rings. The highest BCUT2D eigenvalue weighted by Gasteiger charge is 2.17. The molecule has 0 bridgehead atoms. The van der Waals surface area contributed by atoms with Gasteiger partial charge in [0.15, 0.2) is 0 Å². The average Bonchev–Trinajstić information content (AvgIpc) is 2.50. The van der Waals surface area contributed by atoms with Gasteiger partial charge < -0.3 is 15.7 Å². The van der Waals surface area contributed by atoms with E-state index < -0.39 is 0 Å². The van der Waals surface area contributed by atoms with Gasteiger partial charge in [-0.15, -0.1) is 0 Å². The van der Waals surface area contributed by atoms with Gasteiger partial charge in [0.25, 0.3) is 5.91 Å². The number of carbonyl (C=O) groups excluding carboxylic acids is 1. The summed E-state index contributed by atoms with van der Waals surface area (Å²) in [5.41, 5.74) is 8.11. The first-order valence-electron chi connectivity index (χ1n) is 6.99. The van der Waals surface area contributed by atoms with E-state index in [1.54, 1.807) is 17.0 Å². The van der Waals surface area contributed by atoms with Gasteiger partial charge in [-0.05, 0) is 56.3 Å². The normalized spacial score (nSPS) is 10.4. The number of phenolic OH excluding ortho intramolecular Hbond substituents is 1. The van der Waals surface area contributed by atoms with E-state index in [2.05, 4.69) is 0 Å². The largest absolute Gasteiger partial charge is 0.508 e. The molecule has 0 aliphatic carbocycles. The summed E-state index contributed by atoms with van der Waals surface area (Å²) in [7, 11) is 0. The van der Waals surface area contributed by atoms with Crippen LogP contribution in [0.25, 0.3) is 0 Å². The monoisotopic (exact) mass is 284 g/mol. The standard InChI is InChI=1S/C17H20N2O2/c1-13-3-7-15(8-4-13)19(12-2-11-18)17(21)14-5-9-16(20)10-6-14/h3-10,20H,2,11-12,18H2,1H3. The first-order chi connectivity index (χ1) is 10.1. The Labute approximate surface area is 124 Å². The zero-order chi connectivity index (χ0) is 15.2. The van der Waals surface area contributed by atoms with Gasteiger partial charge >= 0.3 is 0 Å². The average molecular weight is 284 g/mol. The lowest BCUT2D eigenvalue weighted by Crippen LogP contribution is -2.32. The van der Waals surface area contributed by atoms with Crippen molar-refractivity contribution in [3.63, 3.8) is 0 Å². The summed E-state index contributed by atoms with van der Waals surface area (Å²) in [6, 6.07) is 14.1. The topological polar surface area (TPSA) is 66.6 Å². The number of nitrogens with two attached hydrogens (primary N) is 1. The van der Waals surface area contributed by atoms with Crippen LogP contribution in [0.4, 0.5) is 5.69 Å². The van der Waals surface area contributed by atoms with Crippen LogP contribution in [-0.4, -0.2) is 24.1 Å². The first kappa shape index (κ1) is 15.1. The number of phenols is 1. The number of benzene rings is 2. The smallest absolute Gasteiger partial charge is 0.258 e. The molecule has 2 aromatic rings. The van der Waals surface area contributed by atoms with Crippen LogP contribution in [-0.2, 0) is 0 Å². The van der Waals surface area contributed by atoms with E-state index >= 15 is 0 Å². The highest BCUT2D eigenvalue weighted by Crippen LogP contribution is 2.19. The number of nitrogens with zero attached hydrogens (tertiary/aromatic N) is 1. The number of anilines is 1. The van der Waals surface area contributed by atoms with Gasteiger partial charge in [0, 0.05) is 17.8 Å². The third kappa shape index (κ3) is 3.83. The number of hydrogen-bond acceptors (Lipinski definition) is 3. The second kappa shape index (κ2) is 6.90. The highest BCUT2D eigenvalue weighted by atomic mass is 16.3. The molecule has 0 saturated carbocycles. The summed E-state index contributed by atoms with van der Waals surface area (Å²) in [6.45, 7) is 3.11. The minimum Gasteiger partial charge on any atom is -0.508 e. The van der Waals surface area contributed by atoms with Gasteiger partial charge in [-0.3, -0.25) is 4.79 Å². The third-order valence-electron chi connectivity index (χ3n) is 3.29. The maximum atomic E-state index is 12.7. The van der Waals surface area contributed by atoms with E-state index in [0.717, 1.165) is 17.7 Å². The Morgan fingerprint density at radius 1 is 1.10 bits per heavy atom. The molecule has 0 spiro atoms. The Morgan fingerprint density at radius 2 is 1.71 bits per heavy atom. The van der Waals surface area contributed by atoms with Gasteiger partial charge in [0.1, 0.15) is 5.75 Å². The number of rotatable bonds is 5. The summed E-state index contributed by atoms with van der Waals surface area (Å²) in [6.07, 6.45) is 0.734. The fraction of sp³-hybridized carbons (Fsp3) is 0.235. The van der Waals surface area contributed by atoms with Crippen LogP contribution in [0.5, 0.6) is 5.75 Å². The van der Waals surface area contributed by atoms with E-state index in [1.807, 2.05) is 31.2 Å². The molecule has 1 amide bonds. The third-order valence-corrected chi connectivity index (χ3v) is 3.29. The molecule has 0 radical (unpaired) electrons. The lowest BCUT2D eigenvalue weighted by Gasteiger charge is -2.23. The van der Waals surface area contributed by atoms with Gasteiger partial charge in [-0.2, -0.15) is 0 Å². The number of aromatic hydroxyl groups is 1. The summed E-state index contributed by atoms with van der Waals surface area (Å²) < 4.78 is 0. The zero-order valence-electron chi connectivity index (χ0n) is 12.1. The van der Waals surface area contributed by atoms with Crippen LogP contribution < -0.4 is 10.6 Å². The first-order valence-corrected chi connectivity index (χ1v) is 6.99. The van der Waals surface area contributed by atoms with Crippen LogP contribution in [0, 0.1) is 6.92 Å². The Balaban J connectivity index is 2.28. The summed E-state index contributed by atoms with van der Waals surface area (Å²) >= 11 is 0. The number of carbonyl (C=O) groups is 1. The van der Waals surface area contributed by atoms with E-state index in [-0.39, 0.29) is 11.7 Å². The van der Waals surface area contributed by atoms with Crippen molar-refractivity contribution in [2.75, 3.05) is 18.0 Å². The Hall–Kier alpha value is -2.33. The summed E-state index contributed by atoms with van der Waals surface area (Å²) in [5.74, 6) is 0.0581. The maximum absolute atomic E-state index is 12.7. The molecule has 0 aromatic heterocycles. The Kier molecular flexibility index (Phi) is 4.95. The highest BCUT2D eigenvalue weighted by molar-refractivity contribution is 6.06. The van der Waals surface area contributed by atoms with Crippen molar-refractivity contribution >= 4 is 11.6 Å². The van der Waals surface area contributed by atoms with Gasteiger partial charge in [0.05, 0.1) is 0 Å². The molecule has 0 unspecified atom stereocenters. The number of hydrogen-bond donors (Lipinski definition) is 2. The molecule has 0 heterocycles. The molecule has 0 aliphatic rings. The SMILES string of the molecule is Cc1ccc(N(CCCN)C(=O)c2ccc(O)cc2)cc1. The number of amides is 1. The molecule has 2 aromatic carbocycles. The molecule has 2 rings (SSSR count). The van der Waals surface area contributed by atoms with Crippen LogP contribution in [0.3, 0.4) is 0 Å². The van der Waals surface area contributed by atoms with Crippen LogP contribution >= 0.6 is 0 Å². The van der Waals surface area contributed by atoms with Crippen molar-refractivity contribution in [3.05, 3.63) is 59.7 Å². The molecule has 3 N–H and O–H groups in total. The maximum Gasteiger partial charge on any atom is 0.258 e. The summed E-state index contributed by atoms with van der Waals surface area (Å²) in [5, 5.41) is 9.32. The van der Waals surface area contributed by atoms with Crippen LogP contribution in [0.1, 0.15) is 22.3 Å². The lowest BCUT2D eigenvalue weighted by atomic mass is 10.1. The zero-order valence-corrected chi connectivity index (χ0v) is 12.1. The molecule has 110 valence electrons. The van der Waals surface area contributed by atoms with Crippen molar-refractivity contribution in [2.45, 2.75) is 13.3 Å². The van der Waals surface area contributed by atoms with Crippen molar-refractivity contribution in [1.29, 1.82) is 0 Å². The molecule has 0 aliphatic heterocycles. The lowest BCUT2D eigenvalue weighted by molar-refractivity contribution is 0.0987. The van der Waals surface area contributed by atoms with Crippen molar-refractivity contribution in [2.24, 2.45) is 5.73 Å². The van der Waals surface area contributed by atoms with Crippen molar-refractivity contribution < 1.29 is 9.90 Å². The van der Waals surface area contributed by atoms with E-state index in [4.69, 9.17) is 5.73 Å². The van der Waals surface area contributed by atoms with Crippen molar-refractivity contribution in [3.8, 4) is 5.75 Å². The fourth-order valence-corrected chi connectivity index (χ4v) is 2.08. The molecule has 4 heteroatoms. The molecular weight excluding hydrogens is 264 g/mol. The van der Waals surface area contributed by atoms with E-state index in [9.17, 15) is 9.90 Å². The molecule has 0 saturated heterocycles. The van der Waals surface area contributed by atoms with Crippen LogP contribution in [0.2, 0.25) is 0 Å². The predicted molar refractivity (Wildman–Crippen MR) is 84.6 cm³/mol. The fourth-order valence-electron chi connectivity index (χ4n) is 2.08. The predicted octanol–water partition coefficient (Wildman–Crippen LogP) is 2.70. The second-order valence-corrected chi connectivity index (χ2v) is 4.98. The van der Waals surface area contributed by atoms with E-state index in [1.165, 1.54) is 12.1 Å². The molecule has 21 heavy (non-hydrogen) atoms.